The minimum Gasteiger partial charge on any atom is -0.476 e. The van der Waals surface area contributed by atoms with E-state index in [1.807, 2.05) is 0 Å². The maximum atomic E-state index is 11.6. The van der Waals surface area contributed by atoms with Gasteiger partial charge >= 0.3 is 12.0 Å². The smallest absolute Gasteiger partial charge is 0.355 e. The van der Waals surface area contributed by atoms with Crippen LogP contribution >= 0.6 is 11.3 Å². The second-order valence-corrected chi connectivity index (χ2v) is 5.18. The summed E-state index contributed by atoms with van der Waals surface area (Å²) < 4.78 is 0. The lowest BCUT2D eigenvalue weighted by Gasteiger charge is -2.19. The van der Waals surface area contributed by atoms with Gasteiger partial charge in [0.25, 0.3) is 0 Å². The molecule has 1 aromatic rings. The molecule has 102 valence electrons. The van der Waals surface area contributed by atoms with Crippen LogP contribution in [0.15, 0.2) is 17.5 Å². The summed E-state index contributed by atoms with van der Waals surface area (Å²) in [6.45, 7) is 0.242. The van der Waals surface area contributed by atoms with Gasteiger partial charge in [0.2, 0.25) is 0 Å². The third kappa shape index (κ3) is 4.06. The van der Waals surface area contributed by atoms with E-state index in [1.54, 1.807) is 0 Å². The Hall–Kier alpha value is -1.89. The van der Waals surface area contributed by atoms with Crippen molar-refractivity contribution in [1.29, 1.82) is 0 Å². The van der Waals surface area contributed by atoms with Gasteiger partial charge in [-0.15, -0.1) is 11.3 Å². The molecule has 2 rings (SSSR count). The maximum Gasteiger partial charge on any atom is 0.355 e. The molecule has 0 saturated carbocycles. The van der Waals surface area contributed by atoms with Crippen molar-refractivity contribution in [2.45, 2.75) is 31.8 Å². The normalized spacial score (nSPS) is 18.0. The fourth-order valence-electron chi connectivity index (χ4n) is 1.81. The zero-order chi connectivity index (χ0) is 13.7. The molecule has 7 heteroatoms. The average molecular weight is 281 g/mol. The third-order valence-corrected chi connectivity index (χ3v) is 3.62. The van der Waals surface area contributed by atoms with Crippen LogP contribution in [0.25, 0.3) is 0 Å². The Morgan fingerprint density at radius 1 is 1.47 bits per heavy atom. The van der Waals surface area contributed by atoms with E-state index in [1.165, 1.54) is 16.7 Å². The predicted molar refractivity (Wildman–Crippen MR) is 71.2 cm³/mol. The van der Waals surface area contributed by atoms with Crippen molar-refractivity contribution in [2.24, 2.45) is 0 Å². The van der Waals surface area contributed by atoms with Crippen LogP contribution in [-0.2, 0) is 6.54 Å². The van der Waals surface area contributed by atoms with Crippen molar-refractivity contribution in [1.82, 2.24) is 15.6 Å². The van der Waals surface area contributed by atoms with Crippen molar-refractivity contribution < 1.29 is 14.7 Å². The number of aromatic carboxylic acids is 1. The first-order valence-electron chi connectivity index (χ1n) is 6.02. The summed E-state index contributed by atoms with van der Waals surface area (Å²) in [5, 5.41) is 16.3. The summed E-state index contributed by atoms with van der Waals surface area (Å²) in [6, 6.07) is -0.0664. The molecular weight excluding hydrogens is 266 g/mol. The molecule has 0 fully saturated rings. The predicted octanol–water partition coefficient (Wildman–Crippen LogP) is 1.75. The standard InChI is InChI=1S/C12H15N3O3S/c16-11(17)9-7-19-10(15-9)6-13-12(18)14-8-4-2-1-3-5-8/h1-2,7-8H,3-6H2,(H,16,17)(H2,13,14,18). The van der Waals surface area contributed by atoms with Crippen LogP contribution in [0.5, 0.6) is 0 Å². The lowest BCUT2D eigenvalue weighted by atomic mass is 10.0. The number of carboxylic acid groups (broad SMARTS) is 1. The zero-order valence-electron chi connectivity index (χ0n) is 10.3. The first kappa shape index (κ1) is 13.5. The molecule has 0 saturated heterocycles. The second kappa shape index (κ2) is 6.33. The number of rotatable bonds is 4. The van der Waals surface area contributed by atoms with Gasteiger partial charge in [0.1, 0.15) is 5.01 Å². The Kier molecular flexibility index (Phi) is 4.51. The summed E-state index contributed by atoms with van der Waals surface area (Å²) in [5.41, 5.74) is 0.0135. The Morgan fingerprint density at radius 3 is 2.95 bits per heavy atom. The quantitative estimate of drug-likeness (QED) is 0.733. The number of hydrogen-bond donors (Lipinski definition) is 3. The van der Waals surface area contributed by atoms with Gasteiger partial charge in [0, 0.05) is 11.4 Å². The largest absolute Gasteiger partial charge is 0.476 e. The van der Waals surface area contributed by atoms with Gasteiger partial charge in [-0.2, -0.15) is 0 Å². The molecule has 1 aliphatic rings. The van der Waals surface area contributed by atoms with Crippen molar-refractivity contribution in [3.8, 4) is 0 Å². The van der Waals surface area contributed by atoms with Crippen LogP contribution in [0.3, 0.4) is 0 Å². The average Bonchev–Trinajstić information content (AvgIpc) is 2.86. The van der Waals surface area contributed by atoms with E-state index in [0.29, 0.717) is 5.01 Å². The number of allylic oxidation sites excluding steroid dienone is 1. The Balaban J connectivity index is 1.76. The number of carboxylic acids is 1. The molecule has 0 radical (unpaired) electrons. The van der Waals surface area contributed by atoms with Gasteiger partial charge in [-0.1, -0.05) is 12.2 Å². The van der Waals surface area contributed by atoms with Crippen LogP contribution in [0.1, 0.15) is 34.8 Å². The third-order valence-electron chi connectivity index (χ3n) is 2.78. The minimum atomic E-state index is -1.05. The molecule has 0 aromatic carbocycles. The summed E-state index contributed by atoms with van der Waals surface area (Å²) >= 11 is 1.22. The molecule has 1 unspecified atom stereocenters. The second-order valence-electron chi connectivity index (χ2n) is 4.24. The lowest BCUT2D eigenvalue weighted by Crippen LogP contribution is -2.42. The van der Waals surface area contributed by atoms with Crippen molar-refractivity contribution in [3.63, 3.8) is 0 Å². The number of nitrogens with zero attached hydrogens (tertiary/aromatic N) is 1. The fraction of sp³-hybridized carbons (Fsp3) is 0.417. The molecule has 1 aliphatic carbocycles. The first-order chi connectivity index (χ1) is 9.15. The molecule has 0 aliphatic heterocycles. The van der Waals surface area contributed by atoms with E-state index in [-0.39, 0.29) is 24.3 Å². The monoisotopic (exact) mass is 281 g/mol. The van der Waals surface area contributed by atoms with E-state index in [4.69, 9.17) is 5.11 Å². The van der Waals surface area contributed by atoms with Crippen LogP contribution < -0.4 is 10.6 Å². The van der Waals surface area contributed by atoms with Crippen LogP contribution in [-0.4, -0.2) is 28.1 Å². The van der Waals surface area contributed by atoms with E-state index in [2.05, 4.69) is 27.8 Å². The molecule has 19 heavy (non-hydrogen) atoms. The van der Waals surface area contributed by atoms with Crippen LogP contribution in [0.4, 0.5) is 4.79 Å². The number of aromatic nitrogens is 1. The highest BCUT2D eigenvalue weighted by atomic mass is 32.1. The van der Waals surface area contributed by atoms with Crippen molar-refractivity contribution >= 4 is 23.3 Å². The fourth-order valence-corrected chi connectivity index (χ4v) is 2.52. The molecule has 1 heterocycles. The number of urea groups is 1. The summed E-state index contributed by atoms with van der Waals surface area (Å²) in [7, 11) is 0. The van der Waals surface area contributed by atoms with E-state index < -0.39 is 5.97 Å². The van der Waals surface area contributed by atoms with Crippen molar-refractivity contribution in [3.05, 3.63) is 28.2 Å². The van der Waals surface area contributed by atoms with Crippen molar-refractivity contribution in [2.75, 3.05) is 0 Å². The molecule has 1 atom stereocenters. The molecular formula is C12H15N3O3S. The first-order valence-corrected chi connectivity index (χ1v) is 6.90. The Morgan fingerprint density at radius 2 is 2.32 bits per heavy atom. The van der Waals surface area contributed by atoms with Gasteiger partial charge in [0.05, 0.1) is 6.54 Å². The number of hydrogen-bond acceptors (Lipinski definition) is 4. The highest BCUT2D eigenvalue weighted by Crippen LogP contribution is 2.11. The maximum absolute atomic E-state index is 11.6. The molecule has 1 aromatic heterocycles. The van der Waals surface area contributed by atoms with E-state index in [9.17, 15) is 9.59 Å². The lowest BCUT2D eigenvalue weighted by molar-refractivity contribution is 0.0691. The molecule has 0 bridgehead atoms. The van der Waals surface area contributed by atoms with Gasteiger partial charge in [-0.05, 0) is 19.3 Å². The van der Waals surface area contributed by atoms with Crippen LogP contribution in [0, 0.1) is 0 Å². The highest BCUT2D eigenvalue weighted by molar-refractivity contribution is 7.09. The number of thiazole rings is 1. The summed E-state index contributed by atoms with van der Waals surface area (Å²) in [4.78, 5) is 26.2. The van der Waals surface area contributed by atoms with Gasteiger partial charge in [-0.25, -0.2) is 14.6 Å². The minimum absolute atomic E-state index is 0.0135. The SMILES string of the molecule is O=C(NCc1nc(C(=O)O)cs1)NC1CC=CCC1. The molecule has 6 nitrogen and oxygen atoms in total. The Bertz CT molecular complexity index is 498. The van der Waals surface area contributed by atoms with Gasteiger partial charge < -0.3 is 15.7 Å². The number of carbonyl (C=O) groups is 2. The number of nitrogens with one attached hydrogen (secondary N) is 2. The zero-order valence-corrected chi connectivity index (χ0v) is 11.1. The number of carbonyl (C=O) groups excluding carboxylic acids is 1. The van der Waals surface area contributed by atoms with Crippen LogP contribution in [0.2, 0.25) is 0 Å². The Labute approximate surface area is 114 Å². The summed E-state index contributed by atoms with van der Waals surface area (Å²) in [6.07, 6.45) is 6.96. The van der Waals surface area contributed by atoms with E-state index >= 15 is 0 Å². The summed E-state index contributed by atoms with van der Waals surface area (Å²) in [5.74, 6) is -1.05. The molecule has 0 spiro atoms. The molecule has 3 N–H and O–H groups in total. The van der Waals surface area contributed by atoms with Gasteiger partial charge in [-0.3, -0.25) is 0 Å². The van der Waals surface area contributed by atoms with Gasteiger partial charge in [0.15, 0.2) is 5.69 Å². The van der Waals surface area contributed by atoms with E-state index in [0.717, 1.165) is 19.3 Å². The highest BCUT2D eigenvalue weighted by Gasteiger charge is 2.13. The number of amides is 2. The topological polar surface area (TPSA) is 91.3 Å². The molecule has 2 amide bonds.